The first-order valence-corrected chi connectivity index (χ1v) is 11.9. The molecule has 180 valence electrons. The minimum Gasteiger partial charge on any atom is -0.365 e. The number of amides is 1. The van der Waals surface area contributed by atoms with Crippen molar-refractivity contribution in [2.75, 3.05) is 10.6 Å². The van der Waals surface area contributed by atoms with E-state index in [0.29, 0.717) is 17.7 Å². The zero-order chi connectivity index (χ0) is 24.3. The Hall–Kier alpha value is -3.46. The minimum absolute atomic E-state index is 0.0558. The smallest absolute Gasteiger partial charge is 0.254 e. The molecule has 2 heterocycles. The van der Waals surface area contributed by atoms with Crippen LogP contribution in [0.2, 0.25) is 0 Å². The van der Waals surface area contributed by atoms with Gasteiger partial charge >= 0.3 is 0 Å². The van der Waals surface area contributed by atoms with Crippen molar-refractivity contribution in [3.8, 4) is 5.69 Å². The summed E-state index contributed by atoms with van der Waals surface area (Å²) in [4.78, 5) is 21.0. The highest BCUT2D eigenvalue weighted by molar-refractivity contribution is 5.98. The zero-order valence-corrected chi connectivity index (χ0v) is 20.1. The number of benzene rings is 1. The van der Waals surface area contributed by atoms with E-state index in [9.17, 15) is 4.79 Å². The molecule has 0 aliphatic heterocycles. The molecule has 1 saturated carbocycles. The van der Waals surface area contributed by atoms with Crippen LogP contribution in [0, 0.1) is 5.92 Å². The number of primary amides is 1. The Bertz CT molecular complexity index is 1150. The van der Waals surface area contributed by atoms with E-state index in [2.05, 4.69) is 46.5 Å². The Balaban J connectivity index is 1.59. The highest BCUT2D eigenvalue weighted by Gasteiger charge is 2.46. The molecule has 0 radical (unpaired) electrons. The normalized spacial score (nSPS) is 15.2. The van der Waals surface area contributed by atoms with Crippen LogP contribution in [0.4, 0.5) is 17.5 Å². The molecule has 0 bridgehead atoms. The number of nitrogens with two attached hydrogens (primary N) is 2. The number of aryl methyl sites for hydroxylation is 1. The molecular formula is C25H34N8O. The quantitative estimate of drug-likeness (QED) is 0.340. The number of nitrogens with zero attached hydrogens (tertiary/aromatic N) is 4. The largest absolute Gasteiger partial charge is 0.365 e. The second kappa shape index (κ2) is 9.80. The maximum atomic E-state index is 12.1. The van der Waals surface area contributed by atoms with Crippen molar-refractivity contribution >= 4 is 23.4 Å². The minimum atomic E-state index is -0.599. The maximum absolute atomic E-state index is 12.1. The van der Waals surface area contributed by atoms with Gasteiger partial charge in [-0.2, -0.15) is 10.1 Å². The van der Waals surface area contributed by atoms with E-state index >= 15 is 0 Å². The third-order valence-electron chi connectivity index (χ3n) is 6.11. The first kappa shape index (κ1) is 23.7. The Morgan fingerprint density at radius 3 is 2.74 bits per heavy atom. The van der Waals surface area contributed by atoms with Crippen molar-refractivity contribution in [1.82, 2.24) is 19.7 Å². The summed E-state index contributed by atoms with van der Waals surface area (Å²) in [5.41, 5.74) is 14.8. The fourth-order valence-electron chi connectivity index (χ4n) is 4.04. The van der Waals surface area contributed by atoms with E-state index in [1.807, 2.05) is 41.2 Å². The molecule has 9 heteroatoms. The molecule has 6 N–H and O–H groups in total. The number of carbonyl (C=O) groups excluding carboxylic acids is 1. The number of nitrogens with one attached hydrogen (secondary N) is 2. The molecule has 1 fully saturated rings. The standard InChI is InChI=1S/C25H34N8O/c1-4-6-17-9-12-33(32-17)19-8-5-7-18(14-19)29-23-20(22(26)34)15-28-24(31-23)30-21(13-16(2)3)25(27)10-11-25/h5,7-9,12,14-16,21H,4,6,10-11,13,27H2,1-3H3,(H2,26,34)(H2,28,29,30,31). The van der Waals surface area contributed by atoms with Crippen molar-refractivity contribution < 1.29 is 4.79 Å². The molecule has 0 spiro atoms. The second-order valence-electron chi connectivity index (χ2n) is 9.56. The summed E-state index contributed by atoms with van der Waals surface area (Å²) in [6, 6.07) is 9.83. The van der Waals surface area contributed by atoms with Crippen LogP contribution in [0.3, 0.4) is 0 Å². The van der Waals surface area contributed by atoms with Gasteiger partial charge in [0.25, 0.3) is 5.91 Å². The lowest BCUT2D eigenvalue weighted by Crippen LogP contribution is -2.44. The lowest BCUT2D eigenvalue weighted by atomic mass is 9.96. The van der Waals surface area contributed by atoms with E-state index in [1.54, 1.807) is 0 Å². The molecule has 1 unspecified atom stereocenters. The lowest BCUT2D eigenvalue weighted by molar-refractivity contribution is 0.100. The predicted molar refractivity (Wildman–Crippen MR) is 134 cm³/mol. The number of aromatic nitrogens is 4. The summed E-state index contributed by atoms with van der Waals surface area (Å²) in [6.45, 7) is 6.47. The second-order valence-corrected chi connectivity index (χ2v) is 9.56. The Morgan fingerprint density at radius 2 is 2.06 bits per heavy atom. The number of hydrogen-bond acceptors (Lipinski definition) is 7. The van der Waals surface area contributed by atoms with Crippen LogP contribution in [0.1, 0.15) is 62.5 Å². The van der Waals surface area contributed by atoms with Gasteiger partial charge in [-0.1, -0.05) is 33.3 Å². The summed E-state index contributed by atoms with van der Waals surface area (Å²) < 4.78 is 1.84. The van der Waals surface area contributed by atoms with Crippen LogP contribution in [0.5, 0.6) is 0 Å². The number of hydrogen-bond donors (Lipinski definition) is 4. The Kier molecular flexibility index (Phi) is 6.83. The predicted octanol–water partition coefficient (Wildman–Crippen LogP) is 3.78. The van der Waals surface area contributed by atoms with Crippen molar-refractivity contribution in [3.05, 3.63) is 54.0 Å². The van der Waals surface area contributed by atoms with Crippen LogP contribution >= 0.6 is 0 Å². The zero-order valence-electron chi connectivity index (χ0n) is 20.1. The first-order valence-electron chi connectivity index (χ1n) is 11.9. The highest BCUT2D eigenvalue weighted by Crippen LogP contribution is 2.39. The van der Waals surface area contributed by atoms with Crippen molar-refractivity contribution in [1.29, 1.82) is 0 Å². The highest BCUT2D eigenvalue weighted by atomic mass is 16.1. The van der Waals surface area contributed by atoms with Gasteiger partial charge in [-0.15, -0.1) is 0 Å². The van der Waals surface area contributed by atoms with E-state index in [1.165, 1.54) is 6.20 Å². The first-order chi connectivity index (χ1) is 16.3. The molecule has 1 amide bonds. The average Bonchev–Trinajstić information content (AvgIpc) is 3.36. The number of anilines is 3. The lowest BCUT2D eigenvalue weighted by Gasteiger charge is -2.26. The van der Waals surface area contributed by atoms with E-state index < -0.39 is 5.91 Å². The fraction of sp³-hybridized carbons (Fsp3) is 0.440. The van der Waals surface area contributed by atoms with Crippen molar-refractivity contribution in [3.63, 3.8) is 0 Å². The van der Waals surface area contributed by atoms with Crippen molar-refractivity contribution in [2.24, 2.45) is 17.4 Å². The van der Waals surface area contributed by atoms with Gasteiger partial charge < -0.3 is 22.1 Å². The average molecular weight is 463 g/mol. The van der Waals surface area contributed by atoms with Crippen molar-refractivity contribution in [2.45, 2.75) is 64.5 Å². The summed E-state index contributed by atoms with van der Waals surface area (Å²) in [5.74, 6) is 0.642. The third-order valence-corrected chi connectivity index (χ3v) is 6.11. The molecule has 1 aliphatic rings. The molecule has 1 aliphatic carbocycles. The number of rotatable bonds is 11. The summed E-state index contributed by atoms with van der Waals surface area (Å²) in [6.07, 6.45) is 8.24. The van der Waals surface area contributed by atoms with Gasteiger partial charge in [0.05, 0.1) is 11.4 Å². The Labute approximate surface area is 200 Å². The van der Waals surface area contributed by atoms with Gasteiger partial charge in [0.1, 0.15) is 11.4 Å². The Morgan fingerprint density at radius 1 is 1.26 bits per heavy atom. The molecule has 1 atom stereocenters. The molecular weight excluding hydrogens is 428 g/mol. The molecule has 2 aromatic heterocycles. The van der Waals surface area contributed by atoms with Gasteiger partial charge in [0, 0.05) is 29.7 Å². The van der Waals surface area contributed by atoms with Crippen LogP contribution in [0.25, 0.3) is 5.69 Å². The van der Waals surface area contributed by atoms with E-state index in [-0.39, 0.29) is 17.1 Å². The third kappa shape index (κ3) is 5.53. The van der Waals surface area contributed by atoms with Crippen LogP contribution in [-0.2, 0) is 6.42 Å². The van der Waals surface area contributed by atoms with Gasteiger partial charge in [0.15, 0.2) is 0 Å². The summed E-state index contributed by atoms with van der Waals surface area (Å²) >= 11 is 0. The fourth-order valence-corrected chi connectivity index (χ4v) is 4.04. The maximum Gasteiger partial charge on any atom is 0.254 e. The van der Waals surface area contributed by atoms with Crippen LogP contribution in [-0.4, -0.2) is 37.2 Å². The van der Waals surface area contributed by atoms with Gasteiger partial charge in [-0.05, 0) is 55.9 Å². The molecule has 3 aromatic rings. The summed E-state index contributed by atoms with van der Waals surface area (Å²) in [5, 5.41) is 11.3. The topological polar surface area (TPSA) is 137 Å². The molecule has 9 nitrogen and oxygen atoms in total. The van der Waals surface area contributed by atoms with E-state index in [0.717, 1.165) is 49.2 Å². The molecule has 34 heavy (non-hydrogen) atoms. The van der Waals surface area contributed by atoms with Gasteiger partial charge in [-0.25, -0.2) is 9.67 Å². The van der Waals surface area contributed by atoms with Gasteiger partial charge in [-0.3, -0.25) is 4.79 Å². The number of carbonyl (C=O) groups is 1. The SMILES string of the molecule is CCCc1ccn(-c2cccc(Nc3nc(NC(CC(C)C)C4(N)CC4)ncc3C(N)=O)c2)n1. The van der Waals surface area contributed by atoms with Crippen LogP contribution < -0.4 is 22.1 Å². The molecule has 4 rings (SSSR count). The molecule has 0 saturated heterocycles. The summed E-state index contributed by atoms with van der Waals surface area (Å²) in [7, 11) is 0. The molecule has 1 aromatic carbocycles. The van der Waals surface area contributed by atoms with E-state index in [4.69, 9.17) is 11.5 Å². The monoisotopic (exact) mass is 462 g/mol. The van der Waals surface area contributed by atoms with Gasteiger partial charge in [0.2, 0.25) is 5.95 Å². The van der Waals surface area contributed by atoms with Crippen LogP contribution in [0.15, 0.2) is 42.7 Å².